The van der Waals surface area contributed by atoms with Crippen LogP contribution in [-0.2, 0) is 28.7 Å². The van der Waals surface area contributed by atoms with E-state index in [-0.39, 0.29) is 21.2 Å². The Hall–Kier alpha value is -4.11. The summed E-state index contributed by atoms with van der Waals surface area (Å²) in [6.07, 6.45) is 0. The van der Waals surface area contributed by atoms with Crippen molar-refractivity contribution in [3.63, 3.8) is 0 Å². The van der Waals surface area contributed by atoms with Gasteiger partial charge in [0.2, 0.25) is 9.84 Å². The van der Waals surface area contributed by atoms with Gasteiger partial charge in [-0.15, -0.1) is 0 Å². The Bertz CT molecular complexity index is 1630. The molecule has 166 valence electrons. The summed E-state index contributed by atoms with van der Waals surface area (Å²) in [6, 6.07) is 20.4. The molecule has 2 N–H and O–H groups in total. The number of nitrogens with zero attached hydrogens (tertiary/aromatic N) is 2. The number of amides is 1. The van der Waals surface area contributed by atoms with Crippen LogP contribution in [0.4, 0.5) is 11.4 Å². The third-order valence-electron chi connectivity index (χ3n) is 5.72. The first-order valence-corrected chi connectivity index (χ1v) is 11.6. The SMILES string of the molecule is Cn1c(=O)n(C)c2cc(NC3=C(C(=O)Nc4ccccc4)S(=O)(=O)c4ccccc43)ccc21. The highest BCUT2D eigenvalue weighted by molar-refractivity contribution is 7.97. The topological polar surface area (TPSA) is 102 Å². The van der Waals surface area contributed by atoms with Crippen molar-refractivity contribution in [1.29, 1.82) is 0 Å². The number of fused-ring (bicyclic) bond motifs is 2. The highest BCUT2D eigenvalue weighted by Gasteiger charge is 2.40. The number of carbonyl (C=O) groups excluding carboxylic acids is 1. The third-order valence-corrected chi connectivity index (χ3v) is 7.58. The van der Waals surface area contributed by atoms with E-state index in [1.807, 2.05) is 0 Å². The van der Waals surface area contributed by atoms with Gasteiger partial charge >= 0.3 is 5.69 Å². The molecule has 0 saturated carbocycles. The number of aromatic nitrogens is 2. The van der Waals surface area contributed by atoms with Crippen molar-refractivity contribution in [2.45, 2.75) is 4.90 Å². The van der Waals surface area contributed by atoms with Gasteiger partial charge in [-0.2, -0.15) is 0 Å². The second-order valence-electron chi connectivity index (χ2n) is 7.75. The van der Waals surface area contributed by atoms with Gasteiger partial charge in [0.15, 0.2) is 4.91 Å². The molecule has 3 aromatic carbocycles. The predicted molar refractivity (Wildman–Crippen MR) is 127 cm³/mol. The van der Waals surface area contributed by atoms with Crippen molar-refractivity contribution >= 4 is 43.8 Å². The van der Waals surface area contributed by atoms with Crippen LogP contribution in [0.3, 0.4) is 0 Å². The lowest BCUT2D eigenvalue weighted by Gasteiger charge is -2.12. The highest BCUT2D eigenvalue weighted by Crippen LogP contribution is 2.40. The number of imidazole rings is 1. The Labute approximate surface area is 189 Å². The molecule has 8 nitrogen and oxygen atoms in total. The van der Waals surface area contributed by atoms with Crippen LogP contribution >= 0.6 is 0 Å². The third kappa shape index (κ3) is 3.25. The quantitative estimate of drug-likeness (QED) is 0.487. The first-order chi connectivity index (χ1) is 15.8. The molecule has 0 fully saturated rings. The number of aryl methyl sites for hydroxylation is 2. The summed E-state index contributed by atoms with van der Waals surface area (Å²) < 4.78 is 29.7. The first-order valence-electron chi connectivity index (χ1n) is 10.2. The number of hydrogen-bond donors (Lipinski definition) is 2. The molecule has 0 bridgehead atoms. The summed E-state index contributed by atoms with van der Waals surface area (Å²) in [5, 5.41) is 5.81. The molecule has 0 radical (unpaired) electrons. The van der Waals surface area contributed by atoms with E-state index < -0.39 is 15.7 Å². The minimum absolute atomic E-state index is 0.0684. The van der Waals surface area contributed by atoms with E-state index in [9.17, 15) is 18.0 Å². The van der Waals surface area contributed by atoms with Gasteiger partial charge in [0.1, 0.15) is 0 Å². The van der Waals surface area contributed by atoms with Crippen molar-refractivity contribution in [1.82, 2.24) is 9.13 Å². The zero-order valence-corrected chi connectivity index (χ0v) is 18.7. The summed E-state index contributed by atoms with van der Waals surface area (Å²) in [6.45, 7) is 0. The van der Waals surface area contributed by atoms with Crippen molar-refractivity contribution in [2.75, 3.05) is 10.6 Å². The molecule has 1 aromatic heterocycles. The van der Waals surface area contributed by atoms with Crippen LogP contribution in [0, 0.1) is 0 Å². The number of sulfone groups is 1. The Morgan fingerprint density at radius 2 is 1.48 bits per heavy atom. The molecular weight excluding hydrogens is 440 g/mol. The van der Waals surface area contributed by atoms with Crippen LogP contribution in [0.15, 0.2) is 87.4 Å². The molecule has 4 aromatic rings. The first kappa shape index (κ1) is 20.8. The fraction of sp³-hybridized carbons (Fsp3) is 0.0833. The van der Waals surface area contributed by atoms with Crippen LogP contribution in [0.1, 0.15) is 5.56 Å². The van der Waals surface area contributed by atoms with E-state index in [0.717, 1.165) is 5.52 Å². The number of rotatable bonds is 4. The summed E-state index contributed by atoms with van der Waals surface area (Å²) >= 11 is 0. The maximum atomic E-state index is 13.3. The molecule has 0 atom stereocenters. The Balaban J connectivity index is 1.65. The molecule has 1 aliphatic heterocycles. The Morgan fingerprint density at radius 3 is 2.24 bits per heavy atom. The van der Waals surface area contributed by atoms with Gasteiger partial charge in [-0.1, -0.05) is 36.4 Å². The minimum atomic E-state index is -4.04. The maximum Gasteiger partial charge on any atom is 0.328 e. The van der Waals surface area contributed by atoms with Crippen molar-refractivity contribution in [2.24, 2.45) is 14.1 Å². The number of para-hydroxylation sites is 1. The second-order valence-corrected chi connectivity index (χ2v) is 9.61. The number of anilines is 2. The van der Waals surface area contributed by atoms with Gasteiger partial charge in [0.25, 0.3) is 5.91 Å². The molecule has 0 aliphatic carbocycles. The maximum absolute atomic E-state index is 13.3. The fourth-order valence-corrected chi connectivity index (χ4v) is 5.73. The summed E-state index contributed by atoms with van der Waals surface area (Å²) in [7, 11) is -0.687. The van der Waals surface area contributed by atoms with Gasteiger partial charge < -0.3 is 10.6 Å². The normalized spacial score (nSPS) is 14.4. The summed E-state index contributed by atoms with van der Waals surface area (Å²) in [5.74, 6) is -0.729. The smallest absolute Gasteiger partial charge is 0.328 e. The number of hydrogen-bond acceptors (Lipinski definition) is 5. The molecule has 1 aliphatic rings. The molecular formula is C24H20N4O4S. The molecule has 0 saturated heterocycles. The van der Waals surface area contributed by atoms with Crippen LogP contribution in [0.2, 0.25) is 0 Å². The zero-order chi connectivity index (χ0) is 23.3. The predicted octanol–water partition coefficient (Wildman–Crippen LogP) is 3.08. The van der Waals surface area contributed by atoms with E-state index >= 15 is 0 Å². The van der Waals surface area contributed by atoms with E-state index in [1.54, 1.807) is 80.8 Å². The summed E-state index contributed by atoms with van der Waals surface area (Å²) in [5.41, 5.74) is 2.90. The van der Waals surface area contributed by atoms with E-state index in [2.05, 4.69) is 10.6 Å². The number of nitrogens with one attached hydrogen (secondary N) is 2. The summed E-state index contributed by atoms with van der Waals surface area (Å²) in [4.78, 5) is 25.2. The van der Waals surface area contributed by atoms with Crippen LogP contribution in [0.5, 0.6) is 0 Å². The molecule has 0 unspecified atom stereocenters. The standard InChI is InChI=1S/C24H20N4O4S/c1-27-18-13-12-16(14-19(18)28(2)24(27)30)25-21-17-10-6-7-11-20(17)33(31,32)22(21)23(29)26-15-8-4-3-5-9-15/h3-14,25H,1-2H3,(H,26,29). The van der Waals surface area contributed by atoms with E-state index in [1.165, 1.54) is 15.2 Å². The average Bonchev–Trinajstić information content (AvgIpc) is 3.16. The fourth-order valence-electron chi connectivity index (χ4n) is 4.07. The lowest BCUT2D eigenvalue weighted by Crippen LogP contribution is -2.20. The van der Waals surface area contributed by atoms with E-state index in [4.69, 9.17) is 0 Å². The monoisotopic (exact) mass is 460 g/mol. The van der Waals surface area contributed by atoms with Gasteiger partial charge in [0.05, 0.1) is 21.6 Å². The van der Waals surface area contributed by atoms with Crippen molar-refractivity contribution in [3.8, 4) is 0 Å². The van der Waals surface area contributed by atoms with Crippen LogP contribution in [-0.4, -0.2) is 23.5 Å². The Morgan fingerprint density at radius 1 is 0.818 bits per heavy atom. The zero-order valence-electron chi connectivity index (χ0n) is 17.9. The minimum Gasteiger partial charge on any atom is -0.354 e. The van der Waals surface area contributed by atoms with Gasteiger partial charge in [-0.3, -0.25) is 13.9 Å². The van der Waals surface area contributed by atoms with Gasteiger partial charge in [-0.05, 0) is 36.4 Å². The molecule has 1 amide bonds. The average molecular weight is 461 g/mol. The van der Waals surface area contributed by atoms with Crippen LogP contribution in [0.25, 0.3) is 16.7 Å². The largest absolute Gasteiger partial charge is 0.354 e. The molecule has 0 spiro atoms. The van der Waals surface area contributed by atoms with Gasteiger partial charge in [-0.25, -0.2) is 13.2 Å². The highest BCUT2D eigenvalue weighted by atomic mass is 32.2. The Kier molecular flexibility index (Phi) is 4.71. The van der Waals surface area contributed by atoms with Crippen molar-refractivity contribution in [3.05, 3.63) is 93.7 Å². The van der Waals surface area contributed by atoms with Gasteiger partial charge in [0, 0.05) is 31.0 Å². The lowest BCUT2D eigenvalue weighted by atomic mass is 10.1. The van der Waals surface area contributed by atoms with Crippen LogP contribution < -0.4 is 16.3 Å². The molecule has 5 rings (SSSR count). The lowest BCUT2D eigenvalue weighted by molar-refractivity contribution is -0.112. The van der Waals surface area contributed by atoms with Crippen molar-refractivity contribution < 1.29 is 13.2 Å². The molecule has 2 heterocycles. The number of carbonyl (C=O) groups is 1. The molecule has 33 heavy (non-hydrogen) atoms. The molecule has 9 heteroatoms. The number of benzene rings is 3. The van der Waals surface area contributed by atoms with E-state index in [0.29, 0.717) is 22.5 Å². The second kappa shape index (κ2) is 7.49.